The zero-order valence-corrected chi connectivity index (χ0v) is 11.3. The van der Waals surface area contributed by atoms with Crippen molar-refractivity contribution < 1.29 is 8.42 Å². The summed E-state index contributed by atoms with van der Waals surface area (Å²) in [6.07, 6.45) is 1.03. The van der Waals surface area contributed by atoms with Crippen LogP contribution in [0.4, 0.5) is 0 Å². The van der Waals surface area contributed by atoms with Gasteiger partial charge in [0.2, 0.25) is 0 Å². The molecule has 0 aliphatic carbocycles. The summed E-state index contributed by atoms with van der Waals surface area (Å²) in [4.78, 5) is 0. The lowest BCUT2D eigenvalue weighted by Gasteiger charge is -2.13. The zero-order chi connectivity index (χ0) is 13.1. The number of nitrogens with two attached hydrogens (primary N) is 1. The van der Waals surface area contributed by atoms with Crippen LogP contribution in [0, 0.1) is 5.92 Å². The van der Waals surface area contributed by atoms with Gasteiger partial charge in [0.25, 0.3) is 10.2 Å². The fraction of sp³-hybridized carbons (Fsp3) is 0.500. The van der Waals surface area contributed by atoms with Gasteiger partial charge in [0.1, 0.15) is 0 Å². The van der Waals surface area contributed by atoms with Gasteiger partial charge in [0, 0.05) is 6.04 Å². The molecule has 4 nitrogen and oxygen atoms in total. The summed E-state index contributed by atoms with van der Waals surface area (Å²) >= 11 is 0. The second kappa shape index (κ2) is 5.62. The van der Waals surface area contributed by atoms with Gasteiger partial charge in [-0.2, -0.15) is 13.1 Å². The first-order chi connectivity index (χ1) is 7.78. The molecule has 1 rings (SSSR count). The molecule has 0 heterocycles. The van der Waals surface area contributed by atoms with Crippen molar-refractivity contribution in [2.75, 3.05) is 0 Å². The number of hydrogen-bond donors (Lipinski definition) is 2. The van der Waals surface area contributed by atoms with Crippen LogP contribution < -0.4 is 9.86 Å². The van der Waals surface area contributed by atoms with E-state index >= 15 is 0 Å². The van der Waals surface area contributed by atoms with Crippen molar-refractivity contribution in [1.29, 1.82) is 0 Å². The highest BCUT2D eigenvalue weighted by molar-refractivity contribution is 7.87. The fourth-order valence-electron chi connectivity index (χ4n) is 1.73. The van der Waals surface area contributed by atoms with Crippen LogP contribution in [0.1, 0.15) is 37.9 Å². The van der Waals surface area contributed by atoms with Gasteiger partial charge in [-0.3, -0.25) is 0 Å². The molecule has 0 saturated heterocycles. The number of nitrogens with one attached hydrogen (secondary N) is 1. The molecule has 17 heavy (non-hydrogen) atoms. The minimum Gasteiger partial charge on any atom is -0.216 e. The molecule has 0 bridgehead atoms. The zero-order valence-electron chi connectivity index (χ0n) is 10.5. The fourth-order valence-corrected chi connectivity index (χ4v) is 2.36. The highest BCUT2D eigenvalue weighted by Gasteiger charge is 2.10. The Bertz CT molecular complexity index is 452. The first kappa shape index (κ1) is 14.2. The predicted octanol–water partition coefficient (Wildman–Crippen LogP) is 1.74. The highest BCUT2D eigenvalue weighted by atomic mass is 32.2. The molecule has 0 fully saturated rings. The van der Waals surface area contributed by atoms with Gasteiger partial charge >= 0.3 is 0 Å². The number of benzene rings is 1. The normalized spacial score (nSPS) is 13.9. The molecule has 0 radical (unpaired) electrons. The first-order valence-corrected chi connectivity index (χ1v) is 7.21. The molecule has 1 aromatic rings. The van der Waals surface area contributed by atoms with Crippen LogP contribution in [0.25, 0.3) is 0 Å². The van der Waals surface area contributed by atoms with Crippen LogP contribution in [-0.4, -0.2) is 8.42 Å². The van der Waals surface area contributed by atoms with E-state index in [1.54, 1.807) is 6.92 Å². The van der Waals surface area contributed by atoms with Gasteiger partial charge in [-0.05, 0) is 30.4 Å². The standard InChI is InChI=1S/C12H20N2O2S/c1-9(2)8-11-4-6-12(7-5-11)10(3)14-17(13,15)16/h4-7,9-10,14H,8H2,1-3H3,(H2,13,15,16). The van der Waals surface area contributed by atoms with Crippen molar-refractivity contribution in [3.63, 3.8) is 0 Å². The largest absolute Gasteiger partial charge is 0.274 e. The molecule has 96 valence electrons. The SMILES string of the molecule is CC(C)Cc1ccc(C(C)NS(N)(=O)=O)cc1. The summed E-state index contributed by atoms with van der Waals surface area (Å²) < 4.78 is 24.1. The van der Waals surface area contributed by atoms with Gasteiger partial charge in [-0.1, -0.05) is 38.1 Å². The maximum absolute atomic E-state index is 10.9. The molecule has 0 aliphatic heterocycles. The quantitative estimate of drug-likeness (QED) is 0.842. The van der Waals surface area contributed by atoms with Crippen molar-refractivity contribution in [2.45, 2.75) is 33.2 Å². The van der Waals surface area contributed by atoms with Crippen LogP contribution in [0.3, 0.4) is 0 Å². The average molecular weight is 256 g/mol. The van der Waals surface area contributed by atoms with E-state index < -0.39 is 10.2 Å². The van der Waals surface area contributed by atoms with Crippen LogP contribution in [0.15, 0.2) is 24.3 Å². The summed E-state index contributed by atoms with van der Waals surface area (Å²) in [5.41, 5.74) is 2.16. The predicted molar refractivity (Wildman–Crippen MR) is 69.6 cm³/mol. The minimum absolute atomic E-state index is 0.307. The first-order valence-electron chi connectivity index (χ1n) is 5.67. The molecule has 5 heteroatoms. The van der Waals surface area contributed by atoms with E-state index in [-0.39, 0.29) is 6.04 Å². The van der Waals surface area contributed by atoms with Crippen LogP contribution in [0.5, 0.6) is 0 Å². The Morgan fingerprint density at radius 2 is 1.71 bits per heavy atom. The monoisotopic (exact) mass is 256 g/mol. The molecule has 1 unspecified atom stereocenters. The molecule has 0 saturated carbocycles. The maximum Gasteiger partial charge on any atom is 0.274 e. The lowest BCUT2D eigenvalue weighted by molar-refractivity contribution is 0.568. The van der Waals surface area contributed by atoms with Gasteiger partial charge in [0.15, 0.2) is 0 Å². The van der Waals surface area contributed by atoms with Crippen molar-refractivity contribution in [1.82, 2.24) is 4.72 Å². The minimum atomic E-state index is -3.65. The lowest BCUT2D eigenvalue weighted by atomic mass is 10.0. The summed E-state index contributed by atoms with van der Waals surface area (Å²) in [7, 11) is -3.65. The summed E-state index contributed by atoms with van der Waals surface area (Å²) in [6, 6.07) is 7.60. The summed E-state index contributed by atoms with van der Waals surface area (Å²) in [5, 5.41) is 4.93. The summed E-state index contributed by atoms with van der Waals surface area (Å²) in [6.45, 7) is 6.10. The Kier molecular flexibility index (Phi) is 4.68. The van der Waals surface area contributed by atoms with Crippen LogP contribution >= 0.6 is 0 Å². The molecule has 0 aromatic heterocycles. The van der Waals surface area contributed by atoms with Crippen molar-refractivity contribution >= 4 is 10.2 Å². The van der Waals surface area contributed by atoms with E-state index in [1.807, 2.05) is 24.3 Å². The van der Waals surface area contributed by atoms with Gasteiger partial charge in [-0.15, -0.1) is 0 Å². The smallest absolute Gasteiger partial charge is 0.216 e. The second-order valence-electron chi connectivity index (χ2n) is 4.72. The van der Waals surface area contributed by atoms with E-state index in [1.165, 1.54) is 5.56 Å². The van der Waals surface area contributed by atoms with E-state index in [0.29, 0.717) is 5.92 Å². The molecule has 1 aromatic carbocycles. The molecular formula is C12H20N2O2S. The highest BCUT2D eigenvalue weighted by Crippen LogP contribution is 2.15. The number of rotatable bonds is 5. The van der Waals surface area contributed by atoms with Crippen molar-refractivity contribution in [2.24, 2.45) is 11.1 Å². The Balaban J connectivity index is 2.73. The van der Waals surface area contributed by atoms with E-state index in [2.05, 4.69) is 18.6 Å². The molecule has 0 spiro atoms. The van der Waals surface area contributed by atoms with Gasteiger partial charge < -0.3 is 0 Å². The Morgan fingerprint density at radius 1 is 1.18 bits per heavy atom. The topological polar surface area (TPSA) is 72.2 Å². The van der Waals surface area contributed by atoms with Crippen molar-refractivity contribution in [3.8, 4) is 0 Å². The average Bonchev–Trinajstić information content (AvgIpc) is 2.15. The van der Waals surface area contributed by atoms with E-state index in [9.17, 15) is 8.42 Å². The third kappa shape index (κ3) is 5.30. The van der Waals surface area contributed by atoms with Crippen molar-refractivity contribution in [3.05, 3.63) is 35.4 Å². The van der Waals surface area contributed by atoms with E-state index in [4.69, 9.17) is 5.14 Å². The van der Waals surface area contributed by atoms with Crippen LogP contribution in [-0.2, 0) is 16.6 Å². The van der Waals surface area contributed by atoms with E-state index in [0.717, 1.165) is 12.0 Å². The molecule has 0 aliphatic rings. The summed E-state index contributed by atoms with van der Waals surface area (Å²) in [5.74, 6) is 0.612. The van der Waals surface area contributed by atoms with Gasteiger partial charge in [0.05, 0.1) is 0 Å². The second-order valence-corrected chi connectivity index (χ2v) is 6.05. The van der Waals surface area contributed by atoms with Crippen LogP contribution in [0.2, 0.25) is 0 Å². The third-order valence-electron chi connectivity index (χ3n) is 2.46. The third-order valence-corrected chi connectivity index (χ3v) is 3.15. The Labute approximate surface area is 103 Å². The molecular weight excluding hydrogens is 236 g/mol. The Morgan fingerprint density at radius 3 is 2.12 bits per heavy atom. The molecule has 1 atom stereocenters. The number of hydrogen-bond acceptors (Lipinski definition) is 2. The lowest BCUT2D eigenvalue weighted by Crippen LogP contribution is -2.32. The molecule has 0 amide bonds. The Hall–Kier alpha value is -0.910. The molecule has 3 N–H and O–H groups in total. The van der Waals surface area contributed by atoms with Gasteiger partial charge in [-0.25, -0.2) is 5.14 Å². The maximum atomic E-state index is 10.9.